The minimum Gasteiger partial charge on any atom is -0.461 e. The Labute approximate surface area is 469 Å². The largest absolute Gasteiger partial charge is 0.461 e. The van der Waals surface area contributed by atoms with Crippen molar-refractivity contribution in [2.24, 2.45) is 11.1 Å². The highest BCUT2D eigenvalue weighted by Crippen LogP contribution is 2.34. The summed E-state index contributed by atoms with van der Waals surface area (Å²) in [6.07, 6.45) is 0. The molecule has 0 heterocycles. The summed E-state index contributed by atoms with van der Waals surface area (Å²) in [5, 5.41) is 32.5. The summed E-state index contributed by atoms with van der Waals surface area (Å²) in [4.78, 5) is 59.1. The lowest BCUT2D eigenvalue weighted by molar-refractivity contribution is -0.165. The van der Waals surface area contributed by atoms with Crippen molar-refractivity contribution in [3.63, 3.8) is 0 Å². The van der Waals surface area contributed by atoms with Crippen molar-refractivity contribution in [3.05, 3.63) is 309 Å². The zero-order valence-electron chi connectivity index (χ0n) is 43.8. The van der Waals surface area contributed by atoms with E-state index in [1.807, 2.05) is 54.6 Å². The van der Waals surface area contributed by atoms with Crippen LogP contribution in [-0.4, -0.2) is 56.8 Å². The first-order chi connectivity index (χ1) is 39.7. The molecule has 2 N–H and O–H groups in total. The van der Waals surface area contributed by atoms with Gasteiger partial charge in [0.05, 0.1) is 5.57 Å². The Morgan fingerprint density at radius 2 is 0.494 bits per heavy atom. The van der Waals surface area contributed by atoms with Crippen molar-refractivity contribution in [1.29, 1.82) is 15.8 Å². The molecule has 0 amide bonds. The summed E-state index contributed by atoms with van der Waals surface area (Å²) in [6, 6.07) is 76.7. The maximum Gasteiger partial charge on any atom is 0.349 e. The zero-order valence-corrected chi connectivity index (χ0v) is 43.8. The van der Waals surface area contributed by atoms with Gasteiger partial charge in [-0.15, -0.1) is 0 Å². The minimum absolute atomic E-state index is 0.0347. The first-order valence-electron chi connectivity index (χ1n) is 25.7. The van der Waals surface area contributed by atoms with Gasteiger partial charge in [0.2, 0.25) is 0 Å². The normalized spacial score (nSPS) is 10.4. The van der Waals surface area contributed by atoms with Crippen LogP contribution < -0.4 is 5.73 Å². The van der Waals surface area contributed by atoms with E-state index in [4.69, 9.17) is 24.7 Å². The number of carbonyl (C=O) groups is 4. The fourth-order valence-corrected chi connectivity index (χ4v) is 9.05. The Bertz CT molecular complexity index is 3280. The van der Waals surface area contributed by atoms with E-state index in [1.165, 1.54) is 0 Å². The molecule has 81 heavy (non-hydrogen) atoms. The van der Waals surface area contributed by atoms with E-state index < -0.39 is 72.4 Å². The van der Waals surface area contributed by atoms with Gasteiger partial charge in [0.15, 0.2) is 0 Å². The van der Waals surface area contributed by atoms with Gasteiger partial charge in [-0.3, -0.25) is 0 Å². The second-order valence-corrected chi connectivity index (χ2v) is 18.4. The maximum absolute atomic E-state index is 14.9. The van der Waals surface area contributed by atoms with Crippen molar-refractivity contribution < 1.29 is 38.1 Å². The van der Waals surface area contributed by atoms with Crippen LogP contribution in [0.25, 0.3) is 22.3 Å². The third-order valence-corrected chi connectivity index (χ3v) is 13.0. The number of nitriles is 3. The van der Waals surface area contributed by atoms with Crippen LogP contribution in [0.1, 0.15) is 44.5 Å². The van der Waals surface area contributed by atoms with Gasteiger partial charge in [-0.05, 0) is 44.5 Å². The van der Waals surface area contributed by atoms with Crippen LogP contribution in [0.4, 0.5) is 0 Å². The molecule has 0 bridgehead atoms. The van der Waals surface area contributed by atoms with Crippen LogP contribution in [-0.2, 0) is 38.1 Å². The van der Waals surface area contributed by atoms with Gasteiger partial charge in [0.25, 0.3) is 0 Å². The van der Waals surface area contributed by atoms with Crippen LogP contribution in [0, 0.1) is 39.4 Å². The van der Waals surface area contributed by atoms with Crippen LogP contribution >= 0.6 is 0 Å². The average molecular weight is 1070 g/mol. The summed E-state index contributed by atoms with van der Waals surface area (Å²) < 4.78 is 24.6. The molecule has 0 aliphatic rings. The first kappa shape index (κ1) is 56.2. The number of nitrogens with two attached hydrogens (primary N) is 1. The number of nitrogens with zero attached hydrogens (tertiary/aromatic N) is 3. The molecule has 0 radical (unpaired) electrons. The summed E-state index contributed by atoms with van der Waals surface area (Å²) >= 11 is 0. The molecular weight excluding hydrogens is 1010 g/mol. The molecule has 0 unspecified atom stereocenters. The fraction of sp³-hybridized carbons (Fsp3) is 0.0870. The molecule has 0 spiro atoms. The average Bonchev–Trinajstić information content (AvgIpc) is 3.55. The molecular formula is C69H52N4O8. The Kier molecular flexibility index (Phi) is 19.4. The topological polar surface area (TPSA) is 203 Å². The van der Waals surface area contributed by atoms with E-state index in [0.29, 0.717) is 50.1 Å². The van der Waals surface area contributed by atoms with E-state index in [2.05, 4.69) is 0 Å². The SMILES string of the molecule is N#CC(C(=O)OCC(COC(=O)C(C#N)=C(c1ccccc1)c1ccccc1)(COC(=O)C(C#N)=C(c1ccccc1)c1ccccc1)COC(=O)C(CN)=C(c1ccccc1)c1ccccc1)=C(c1ccccc1)c1ccccc1. The highest BCUT2D eigenvalue weighted by molar-refractivity contribution is 6.07. The zero-order chi connectivity index (χ0) is 56.8. The second-order valence-electron chi connectivity index (χ2n) is 18.4. The van der Waals surface area contributed by atoms with Crippen molar-refractivity contribution in [2.45, 2.75) is 0 Å². The highest BCUT2D eigenvalue weighted by Gasteiger charge is 2.40. The van der Waals surface area contributed by atoms with Gasteiger partial charge in [0.1, 0.15) is 66.8 Å². The lowest BCUT2D eigenvalue weighted by atomic mass is 9.90. The third kappa shape index (κ3) is 14.0. The van der Waals surface area contributed by atoms with Gasteiger partial charge >= 0.3 is 23.9 Å². The van der Waals surface area contributed by atoms with E-state index in [-0.39, 0.29) is 28.8 Å². The molecule has 12 nitrogen and oxygen atoms in total. The van der Waals surface area contributed by atoms with Gasteiger partial charge < -0.3 is 24.7 Å². The molecule has 0 fully saturated rings. The van der Waals surface area contributed by atoms with Gasteiger partial charge in [-0.2, -0.15) is 15.8 Å². The summed E-state index contributed by atoms with van der Waals surface area (Å²) in [5.41, 5.74) is 8.70. The fourth-order valence-electron chi connectivity index (χ4n) is 9.05. The second kappa shape index (κ2) is 27.9. The van der Waals surface area contributed by atoms with E-state index in [9.17, 15) is 35.0 Å². The van der Waals surface area contributed by atoms with Crippen molar-refractivity contribution in [3.8, 4) is 18.2 Å². The summed E-state index contributed by atoms with van der Waals surface area (Å²) in [5.74, 6) is -4.32. The molecule has 0 aliphatic carbocycles. The standard InChI is InChI=1S/C69H52N4O8/c70-41-57(61(49-25-9-1-10-26-49)50-27-11-2-12-28-50)65(74)78-45-69(46-79-66(75)58(42-71)62(51-29-13-3-14-30-51)52-31-15-4-16-32-52,47-80-67(76)59(43-72)63(53-33-17-5-18-34-53)54-35-19-6-20-36-54)48-81-68(77)60(44-73)64(55-37-21-7-22-38-55)56-39-23-8-24-40-56/h1-40H,41,45-48,70H2. The quantitative estimate of drug-likeness (QED) is 0.0309. The molecule has 8 aromatic rings. The molecule has 396 valence electrons. The summed E-state index contributed by atoms with van der Waals surface area (Å²) in [7, 11) is 0. The van der Waals surface area contributed by atoms with Crippen LogP contribution in [0.5, 0.6) is 0 Å². The molecule has 0 aromatic heterocycles. The Hall–Kier alpha value is -11.0. The number of benzene rings is 8. The van der Waals surface area contributed by atoms with E-state index >= 15 is 0 Å². The highest BCUT2D eigenvalue weighted by atomic mass is 16.6. The third-order valence-electron chi connectivity index (χ3n) is 13.0. The lowest BCUT2D eigenvalue weighted by Gasteiger charge is -2.32. The predicted molar refractivity (Wildman–Crippen MR) is 308 cm³/mol. The van der Waals surface area contributed by atoms with Crippen molar-refractivity contribution >= 4 is 46.2 Å². The number of hydrogen-bond acceptors (Lipinski definition) is 12. The molecule has 8 aromatic carbocycles. The Morgan fingerprint density at radius 1 is 0.309 bits per heavy atom. The number of ether oxygens (including phenoxy) is 4. The number of carbonyl (C=O) groups excluding carboxylic acids is 4. The molecule has 12 heteroatoms. The number of esters is 4. The molecule has 0 saturated heterocycles. The maximum atomic E-state index is 14.9. The van der Waals surface area contributed by atoms with Gasteiger partial charge in [-0.1, -0.05) is 243 Å². The molecule has 8 rings (SSSR count). The molecule has 0 aliphatic heterocycles. The minimum atomic E-state index is -2.06. The van der Waals surface area contributed by atoms with Crippen molar-refractivity contribution in [1.82, 2.24) is 0 Å². The van der Waals surface area contributed by atoms with Gasteiger partial charge in [0, 0.05) is 28.8 Å². The Balaban J connectivity index is 1.28. The Morgan fingerprint density at radius 3 is 0.679 bits per heavy atom. The monoisotopic (exact) mass is 1060 g/mol. The van der Waals surface area contributed by atoms with Crippen LogP contribution in [0.3, 0.4) is 0 Å². The number of hydrogen-bond donors (Lipinski definition) is 1. The van der Waals surface area contributed by atoms with E-state index in [0.717, 1.165) is 0 Å². The molecule has 0 saturated carbocycles. The number of rotatable bonds is 21. The smallest absolute Gasteiger partial charge is 0.349 e. The van der Waals surface area contributed by atoms with Crippen molar-refractivity contribution in [2.75, 3.05) is 33.0 Å². The summed E-state index contributed by atoms with van der Waals surface area (Å²) in [6.45, 7) is -3.67. The predicted octanol–water partition coefficient (Wildman–Crippen LogP) is 11.7. The first-order valence-corrected chi connectivity index (χ1v) is 25.7. The molecule has 0 atom stereocenters. The van der Waals surface area contributed by atoms with Gasteiger partial charge in [-0.25, -0.2) is 19.2 Å². The lowest BCUT2D eigenvalue weighted by Crippen LogP contribution is -2.44. The van der Waals surface area contributed by atoms with Crippen LogP contribution in [0.2, 0.25) is 0 Å². The van der Waals surface area contributed by atoms with Crippen LogP contribution in [0.15, 0.2) is 265 Å². The van der Waals surface area contributed by atoms with E-state index in [1.54, 1.807) is 206 Å².